The number of carboxylic acid groups (broad SMARTS) is 1. The van der Waals surface area contributed by atoms with Crippen molar-refractivity contribution in [2.75, 3.05) is 0 Å². The van der Waals surface area contributed by atoms with Crippen molar-refractivity contribution in [1.29, 1.82) is 0 Å². The molecule has 6 nitrogen and oxygen atoms in total. The van der Waals surface area contributed by atoms with E-state index in [1.54, 1.807) is 0 Å². The van der Waals surface area contributed by atoms with Gasteiger partial charge in [-0.25, -0.2) is 0 Å². The van der Waals surface area contributed by atoms with Gasteiger partial charge in [0.1, 0.15) is 6.10 Å². The fourth-order valence-corrected chi connectivity index (χ4v) is 6.88. The van der Waals surface area contributed by atoms with Crippen molar-refractivity contribution in [3.63, 3.8) is 0 Å². The molecule has 0 aromatic heterocycles. The molecular weight excluding hydrogens is 372 g/mol. The zero-order chi connectivity index (χ0) is 21.4. The van der Waals surface area contributed by atoms with Gasteiger partial charge in [0.05, 0.1) is 6.26 Å². The molecule has 6 heteroatoms. The van der Waals surface area contributed by atoms with Crippen LogP contribution in [0, 0.1) is 34.5 Å². The predicted molar refractivity (Wildman–Crippen MR) is 107 cm³/mol. The summed E-state index contributed by atoms with van der Waals surface area (Å²) >= 11 is 0. The van der Waals surface area contributed by atoms with E-state index in [4.69, 9.17) is 9.47 Å². The first-order valence-electron chi connectivity index (χ1n) is 10.8. The van der Waals surface area contributed by atoms with Crippen molar-refractivity contribution >= 4 is 17.9 Å². The summed E-state index contributed by atoms with van der Waals surface area (Å²) in [5.41, 5.74) is -0.343. The Hall–Kier alpha value is -1.85. The van der Waals surface area contributed by atoms with E-state index in [2.05, 4.69) is 13.8 Å². The number of ether oxygens (including phenoxy) is 2. The van der Waals surface area contributed by atoms with Crippen molar-refractivity contribution in [2.45, 2.75) is 78.7 Å². The molecule has 3 aliphatic carbocycles. The Kier molecular flexibility index (Phi) is 6.11. The topological polar surface area (TPSA) is 89.9 Å². The lowest BCUT2D eigenvalue weighted by atomic mass is 9.47. The smallest absolute Gasteiger partial charge is 0.307 e. The van der Waals surface area contributed by atoms with Gasteiger partial charge in [0.25, 0.3) is 0 Å². The molecule has 0 aliphatic heterocycles. The first kappa shape index (κ1) is 21.8. The highest BCUT2D eigenvalue weighted by Crippen LogP contribution is 2.65. The second kappa shape index (κ2) is 8.11. The molecule has 29 heavy (non-hydrogen) atoms. The van der Waals surface area contributed by atoms with Crippen molar-refractivity contribution in [2.24, 2.45) is 34.5 Å². The Balaban J connectivity index is 1.88. The van der Waals surface area contributed by atoms with Crippen LogP contribution in [0.5, 0.6) is 0 Å². The van der Waals surface area contributed by atoms with Gasteiger partial charge in [-0.05, 0) is 73.7 Å². The van der Waals surface area contributed by atoms with Crippen LogP contribution in [0.2, 0.25) is 0 Å². The number of fused-ring (bicyclic) bond motifs is 3. The van der Waals surface area contributed by atoms with Gasteiger partial charge in [0.15, 0.2) is 0 Å². The average Bonchev–Trinajstić information content (AvgIpc) is 2.93. The summed E-state index contributed by atoms with van der Waals surface area (Å²) in [4.78, 5) is 34.4. The molecule has 0 aromatic carbocycles. The lowest BCUT2D eigenvalue weighted by Gasteiger charge is -2.57. The maximum atomic E-state index is 11.6. The molecule has 0 radical (unpaired) electrons. The number of rotatable bonds is 5. The Labute approximate surface area is 173 Å². The maximum Gasteiger partial charge on any atom is 0.307 e. The maximum absolute atomic E-state index is 11.6. The van der Waals surface area contributed by atoms with E-state index in [1.165, 1.54) is 20.1 Å². The molecule has 3 fully saturated rings. The van der Waals surface area contributed by atoms with Crippen LogP contribution >= 0.6 is 0 Å². The van der Waals surface area contributed by atoms with Crippen LogP contribution in [0.25, 0.3) is 0 Å². The number of aliphatic carboxylic acids is 1. The van der Waals surface area contributed by atoms with Crippen LogP contribution in [0.15, 0.2) is 12.3 Å². The highest BCUT2D eigenvalue weighted by atomic mass is 16.5. The molecule has 0 bridgehead atoms. The van der Waals surface area contributed by atoms with E-state index in [-0.39, 0.29) is 41.2 Å². The normalized spacial score (nSPS) is 41.4. The molecule has 0 spiro atoms. The van der Waals surface area contributed by atoms with Crippen molar-refractivity contribution < 1.29 is 29.0 Å². The van der Waals surface area contributed by atoms with Crippen LogP contribution in [-0.2, 0) is 23.9 Å². The van der Waals surface area contributed by atoms with E-state index in [1.807, 2.05) is 6.08 Å². The van der Waals surface area contributed by atoms with Gasteiger partial charge in [0, 0.05) is 25.7 Å². The number of esters is 2. The molecule has 3 aliphatic rings. The van der Waals surface area contributed by atoms with Crippen molar-refractivity contribution in [3.8, 4) is 0 Å². The summed E-state index contributed by atoms with van der Waals surface area (Å²) in [5.74, 6) is -0.0765. The van der Waals surface area contributed by atoms with Gasteiger partial charge >= 0.3 is 17.9 Å². The largest absolute Gasteiger partial charge is 0.481 e. The van der Waals surface area contributed by atoms with E-state index >= 15 is 0 Å². The molecule has 0 heterocycles. The quantitative estimate of drug-likeness (QED) is 0.540. The highest BCUT2D eigenvalue weighted by molar-refractivity contribution is 5.67. The highest BCUT2D eigenvalue weighted by Gasteiger charge is 2.60. The van der Waals surface area contributed by atoms with Crippen LogP contribution in [0.1, 0.15) is 72.6 Å². The second-order valence-electron chi connectivity index (χ2n) is 9.75. The summed E-state index contributed by atoms with van der Waals surface area (Å²) in [6.45, 7) is 7.25. The number of carbonyl (C=O) groups is 3. The molecule has 3 rings (SSSR count). The Bertz CT molecular complexity index is 699. The minimum Gasteiger partial charge on any atom is -0.481 e. The predicted octanol–water partition coefficient (Wildman–Crippen LogP) is 4.33. The second-order valence-corrected chi connectivity index (χ2v) is 9.75. The van der Waals surface area contributed by atoms with Gasteiger partial charge in [-0.15, -0.1) is 0 Å². The molecule has 3 saturated carbocycles. The minimum atomic E-state index is -0.781. The van der Waals surface area contributed by atoms with Gasteiger partial charge < -0.3 is 14.6 Å². The monoisotopic (exact) mass is 406 g/mol. The number of carboxylic acids is 1. The third kappa shape index (κ3) is 4.08. The molecule has 0 unspecified atom stereocenters. The lowest BCUT2D eigenvalue weighted by molar-refractivity contribution is -0.159. The standard InChI is InChI=1S/C23H34O6/c1-14(24)28-12-11-22(3)16(13-21(26)27)5-6-17-18-7-8-20(29-15(2)25)23(18,4)10-9-19(17)22/h11-12,16-20H,5-10,13H2,1-4H3,(H,26,27)/b12-11+/t16-,17-,18-,19-,20-,22+,23-/m0/s1. The van der Waals surface area contributed by atoms with E-state index < -0.39 is 5.97 Å². The fourth-order valence-electron chi connectivity index (χ4n) is 6.88. The van der Waals surface area contributed by atoms with Crippen LogP contribution in [-0.4, -0.2) is 29.1 Å². The Morgan fingerprint density at radius 1 is 1.00 bits per heavy atom. The van der Waals surface area contributed by atoms with E-state index in [0.717, 1.165) is 38.5 Å². The molecule has 0 aromatic rings. The summed E-state index contributed by atoms with van der Waals surface area (Å²) in [7, 11) is 0. The van der Waals surface area contributed by atoms with Gasteiger partial charge in [-0.1, -0.05) is 13.8 Å². The number of hydrogen-bond acceptors (Lipinski definition) is 5. The zero-order valence-corrected chi connectivity index (χ0v) is 18.0. The summed E-state index contributed by atoms with van der Waals surface area (Å²) in [6, 6.07) is 0. The van der Waals surface area contributed by atoms with E-state index in [0.29, 0.717) is 17.8 Å². The molecule has 0 saturated heterocycles. The number of hydrogen-bond donors (Lipinski definition) is 1. The molecule has 162 valence electrons. The molecule has 0 amide bonds. The summed E-state index contributed by atoms with van der Waals surface area (Å²) < 4.78 is 10.8. The summed E-state index contributed by atoms with van der Waals surface area (Å²) in [5, 5.41) is 9.46. The summed E-state index contributed by atoms with van der Waals surface area (Å²) in [6.07, 6.45) is 9.24. The average molecular weight is 407 g/mol. The third-order valence-corrected chi connectivity index (χ3v) is 8.27. The number of carbonyl (C=O) groups excluding carboxylic acids is 2. The minimum absolute atomic E-state index is 0.00696. The Morgan fingerprint density at radius 2 is 1.72 bits per heavy atom. The first-order chi connectivity index (χ1) is 13.6. The van der Waals surface area contributed by atoms with Crippen LogP contribution in [0.4, 0.5) is 0 Å². The van der Waals surface area contributed by atoms with Crippen molar-refractivity contribution in [3.05, 3.63) is 12.3 Å². The molecular formula is C23H34O6. The fraction of sp³-hybridized carbons (Fsp3) is 0.783. The first-order valence-corrected chi connectivity index (χ1v) is 10.8. The SMILES string of the molecule is CC(=O)O/C=C/[C@]1(C)[C@H](CC(=O)O)CC[C@@H]2[C@@H]1CC[C@]1(C)[C@@H](OC(C)=O)CC[C@@H]21. The third-order valence-electron chi connectivity index (χ3n) is 8.27. The molecule has 1 N–H and O–H groups in total. The van der Waals surface area contributed by atoms with Crippen molar-refractivity contribution in [1.82, 2.24) is 0 Å². The van der Waals surface area contributed by atoms with Gasteiger partial charge in [-0.2, -0.15) is 0 Å². The zero-order valence-electron chi connectivity index (χ0n) is 18.0. The molecule has 7 atom stereocenters. The lowest BCUT2D eigenvalue weighted by Crippen LogP contribution is -2.52. The number of allylic oxidation sites excluding steroid dienone is 1. The van der Waals surface area contributed by atoms with Gasteiger partial charge in [-0.3, -0.25) is 14.4 Å². The van der Waals surface area contributed by atoms with Crippen LogP contribution < -0.4 is 0 Å². The van der Waals surface area contributed by atoms with Gasteiger partial charge in [0.2, 0.25) is 0 Å². The Morgan fingerprint density at radius 3 is 2.34 bits per heavy atom. The van der Waals surface area contributed by atoms with Crippen LogP contribution in [0.3, 0.4) is 0 Å². The van der Waals surface area contributed by atoms with E-state index in [9.17, 15) is 19.5 Å².